The van der Waals surface area contributed by atoms with Gasteiger partial charge >= 0.3 is 0 Å². The molecule has 0 aromatic heterocycles. The first kappa shape index (κ1) is 14.5. The third-order valence-electron chi connectivity index (χ3n) is 4.68. The van der Waals surface area contributed by atoms with Crippen molar-refractivity contribution < 1.29 is 9.18 Å². The van der Waals surface area contributed by atoms with Crippen molar-refractivity contribution in [2.24, 2.45) is 0 Å². The van der Waals surface area contributed by atoms with Crippen molar-refractivity contribution >= 4 is 5.91 Å². The maximum Gasteiger partial charge on any atom is 0.222 e. The van der Waals surface area contributed by atoms with Crippen LogP contribution < -0.4 is 0 Å². The van der Waals surface area contributed by atoms with E-state index in [0.29, 0.717) is 19.0 Å². The normalized spacial score (nSPS) is 23.8. The molecule has 21 heavy (non-hydrogen) atoms. The van der Waals surface area contributed by atoms with E-state index in [1.54, 1.807) is 6.07 Å². The van der Waals surface area contributed by atoms with Crippen molar-refractivity contribution in [2.45, 2.75) is 44.7 Å². The fourth-order valence-corrected chi connectivity index (χ4v) is 3.47. The minimum absolute atomic E-state index is 0.126. The first-order valence-electron chi connectivity index (χ1n) is 7.99. The summed E-state index contributed by atoms with van der Waals surface area (Å²) in [5.74, 6) is 0.158. The molecule has 0 radical (unpaired) electrons. The molecule has 4 heteroatoms. The van der Waals surface area contributed by atoms with E-state index < -0.39 is 0 Å². The Bertz CT molecular complexity index is 505. The SMILES string of the molecule is O=C1CCCN1CC1CCCCN1Cc1ccccc1F. The molecule has 3 rings (SSSR count). The van der Waals surface area contributed by atoms with Gasteiger partial charge in [0.15, 0.2) is 0 Å². The number of carbonyl (C=O) groups excluding carboxylic acids is 1. The van der Waals surface area contributed by atoms with Gasteiger partial charge in [-0.05, 0) is 31.9 Å². The zero-order valence-corrected chi connectivity index (χ0v) is 12.4. The fourth-order valence-electron chi connectivity index (χ4n) is 3.47. The summed E-state index contributed by atoms with van der Waals surface area (Å²) in [6.45, 7) is 3.36. The molecule has 1 unspecified atom stereocenters. The Morgan fingerprint density at radius 1 is 1.14 bits per heavy atom. The van der Waals surface area contributed by atoms with Crippen molar-refractivity contribution in [1.29, 1.82) is 0 Å². The lowest BCUT2D eigenvalue weighted by molar-refractivity contribution is -0.128. The van der Waals surface area contributed by atoms with Crippen molar-refractivity contribution in [3.05, 3.63) is 35.6 Å². The van der Waals surface area contributed by atoms with Crippen molar-refractivity contribution in [2.75, 3.05) is 19.6 Å². The summed E-state index contributed by atoms with van der Waals surface area (Å²) < 4.78 is 13.8. The van der Waals surface area contributed by atoms with Crippen LogP contribution in [-0.2, 0) is 11.3 Å². The first-order chi connectivity index (χ1) is 10.2. The smallest absolute Gasteiger partial charge is 0.222 e. The van der Waals surface area contributed by atoms with Gasteiger partial charge in [-0.15, -0.1) is 0 Å². The highest BCUT2D eigenvalue weighted by atomic mass is 19.1. The third kappa shape index (κ3) is 3.43. The van der Waals surface area contributed by atoms with Gasteiger partial charge < -0.3 is 4.90 Å². The molecule has 3 nitrogen and oxygen atoms in total. The van der Waals surface area contributed by atoms with Gasteiger partial charge in [-0.25, -0.2) is 4.39 Å². The molecule has 1 atom stereocenters. The molecule has 2 saturated heterocycles. The number of piperidine rings is 1. The highest BCUT2D eigenvalue weighted by Gasteiger charge is 2.28. The van der Waals surface area contributed by atoms with E-state index in [4.69, 9.17) is 0 Å². The van der Waals surface area contributed by atoms with Crippen LogP contribution in [-0.4, -0.2) is 41.4 Å². The van der Waals surface area contributed by atoms with Crippen LogP contribution in [0.25, 0.3) is 0 Å². The maximum atomic E-state index is 13.8. The fraction of sp³-hybridized carbons (Fsp3) is 0.588. The number of amides is 1. The molecule has 0 saturated carbocycles. The van der Waals surface area contributed by atoms with E-state index in [0.717, 1.165) is 38.0 Å². The quantitative estimate of drug-likeness (QED) is 0.851. The Morgan fingerprint density at radius 2 is 2.00 bits per heavy atom. The Kier molecular flexibility index (Phi) is 4.54. The summed E-state index contributed by atoms with van der Waals surface area (Å²) in [6, 6.07) is 7.39. The van der Waals surface area contributed by atoms with Crippen LogP contribution in [0.3, 0.4) is 0 Å². The molecule has 2 fully saturated rings. The minimum atomic E-state index is -0.126. The second kappa shape index (κ2) is 6.56. The topological polar surface area (TPSA) is 23.6 Å². The molecule has 0 spiro atoms. The Hall–Kier alpha value is -1.42. The second-order valence-corrected chi connectivity index (χ2v) is 6.15. The molecule has 1 aromatic rings. The number of halogens is 1. The van der Waals surface area contributed by atoms with Gasteiger partial charge in [0.25, 0.3) is 0 Å². The summed E-state index contributed by atoms with van der Waals surface area (Å²) in [7, 11) is 0. The molecular formula is C17H23FN2O. The monoisotopic (exact) mass is 290 g/mol. The van der Waals surface area contributed by atoms with E-state index in [9.17, 15) is 9.18 Å². The van der Waals surface area contributed by atoms with Crippen LogP contribution in [0.15, 0.2) is 24.3 Å². The highest BCUT2D eigenvalue weighted by molar-refractivity contribution is 5.78. The van der Waals surface area contributed by atoms with Crippen LogP contribution in [0.5, 0.6) is 0 Å². The molecule has 0 bridgehead atoms. The van der Waals surface area contributed by atoms with Crippen LogP contribution in [0.1, 0.15) is 37.7 Å². The molecule has 0 aliphatic carbocycles. The summed E-state index contributed by atoms with van der Waals surface area (Å²) in [6.07, 6.45) is 5.16. The number of nitrogens with zero attached hydrogens (tertiary/aromatic N) is 2. The molecule has 1 aromatic carbocycles. The Labute approximate surface area is 125 Å². The van der Waals surface area contributed by atoms with Gasteiger partial charge in [0, 0.05) is 37.7 Å². The summed E-state index contributed by atoms with van der Waals surface area (Å²) in [5.41, 5.74) is 0.761. The standard InChI is InChI=1S/C17H23FN2O/c18-16-8-2-1-6-14(16)12-19-10-4-3-7-15(19)13-20-11-5-9-17(20)21/h1-2,6,8,15H,3-5,7,9-13H2. The summed E-state index contributed by atoms with van der Waals surface area (Å²) in [5, 5.41) is 0. The maximum absolute atomic E-state index is 13.8. The lowest BCUT2D eigenvalue weighted by Gasteiger charge is -2.38. The van der Waals surface area contributed by atoms with Crippen LogP contribution >= 0.6 is 0 Å². The van der Waals surface area contributed by atoms with E-state index >= 15 is 0 Å². The van der Waals surface area contributed by atoms with E-state index in [1.807, 2.05) is 17.0 Å². The number of rotatable bonds is 4. The van der Waals surface area contributed by atoms with Crippen LogP contribution in [0.4, 0.5) is 4.39 Å². The van der Waals surface area contributed by atoms with Gasteiger partial charge in [-0.1, -0.05) is 24.6 Å². The lowest BCUT2D eigenvalue weighted by atomic mass is 10.0. The third-order valence-corrected chi connectivity index (χ3v) is 4.68. The number of likely N-dealkylation sites (tertiary alicyclic amines) is 2. The highest BCUT2D eigenvalue weighted by Crippen LogP contribution is 2.23. The van der Waals surface area contributed by atoms with E-state index in [1.165, 1.54) is 18.9 Å². The number of hydrogen-bond donors (Lipinski definition) is 0. The molecule has 2 heterocycles. The van der Waals surface area contributed by atoms with Gasteiger partial charge in [0.05, 0.1) is 0 Å². The Morgan fingerprint density at radius 3 is 2.76 bits per heavy atom. The summed E-state index contributed by atoms with van der Waals surface area (Å²) >= 11 is 0. The average molecular weight is 290 g/mol. The summed E-state index contributed by atoms with van der Waals surface area (Å²) in [4.78, 5) is 16.2. The molecule has 2 aliphatic rings. The van der Waals surface area contributed by atoms with Crippen molar-refractivity contribution in [3.63, 3.8) is 0 Å². The molecule has 1 amide bonds. The second-order valence-electron chi connectivity index (χ2n) is 6.15. The van der Waals surface area contributed by atoms with Crippen LogP contribution in [0, 0.1) is 5.82 Å². The first-order valence-corrected chi connectivity index (χ1v) is 7.99. The van der Waals surface area contributed by atoms with E-state index in [2.05, 4.69) is 4.90 Å². The lowest BCUT2D eigenvalue weighted by Crippen LogP contribution is -2.46. The van der Waals surface area contributed by atoms with Gasteiger partial charge in [-0.2, -0.15) is 0 Å². The van der Waals surface area contributed by atoms with Crippen LogP contribution in [0.2, 0.25) is 0 Å². The van der Waals surface area contributed by atoms with Crippen molar-refractivity contribution in [1.82, 2.24) is 9.80 Å². The Balaban J connectivity index is 1.66. The molecular weight excluding hydrogens is 267 g/mol. The molecule has 2 aliphatic heterocycles. The zero-order chi connectivity index (χ0) is 14.7. The number of hydrogen-bond acceptors (Lipinski definition) is 2. The minimum Gasteiger partial charge on any atom is -0.341 e. The zero-order valence-electron chi connectivity index (χ0n) is 12.4. The number of benzene rings is 1. The number of carbonyl (C=O) groups is 1. The molecule has 0 N–H and O–H groups in total. The predicted octanol–water partition coefficient (Wildman–Crippen LogP) is 2.80. The van der Waals surface area contributed by atoms with Gasteiger partial charge in [-0.3, -0.25) is 9.69 Å². The van der Waals surface area contributed by atoms with Crippen molar-refractivity contribution in [3.8, 4) is 0 Å². The van der Waals surface area contributed by atoms with Gasteiger partial charge in [0.2, 0.25) is 5.91 Å². The molecule has 114 valence electrons. The van der Waals surface area contributed by atoms with E-state index in [-0.39, 0.29) is 11.7 Å². The largest absolute Gasteiger partial charge is 0.341 e. The average Bonchev–Trinajstić information content (AvgIpc) is 2.89. The van der Waals surface area contributed by atoms with Gasteiger partial charge in [0.1, 0.15) is 5.82 Å². The predicted molar refractivity (Wildman–Crippen MR) is 80.3 cm³/mol.